The second kappa shape index (κ2) is 6.67. The second-order valence-electron chi connectivity index (χ2n) is 6.60. The molecule has 5 heteroatoms. The maximum Gasteiger partial charge on any atom is 0.265 e. The summed E-state index contributed by atoms with van der Waals surface area (Å²) in [7, 11) is 0. The number of rotatable bonds is 3. The van der Waals surface area contributed by atoms with Crippen LogP contribution in [0.15, 0.2) is 55.1 Å². The largest absolute Gasteiger partial charge is 0.480 e. The summed E-state index contributed by atoms with van der Waals surface area (Å²) >= 11 is 0. The van der Waals surface area contributed by atoms with Gasteiger partial charge in [0.2, 0.25) is 5.91 Å². The van der Waals surface area contributed by atoms with Crippen LogP contribution < -0.4 is 10.1 Å². The zero-order chi connectivity index (χ0) is 18.1. The Balaban J connectivity index is 1.46. The zero-order valence-electron chi connectivity index (χ0n) is 14.4. The molecular formula is C21H20N2O3. The molecule has 0 saturated heterocycles. The van der Waals surface area contributed by atoms with E-state index in [0.717, 1.165) is 29.0 Å². The Labute approximate surface area is 152 Å². The van der Waals surface area contributed by atoms with Gasteiger partial charge in [0.1, 0.15) is 5.75 Å². The maximum atomic E-state index is 12.6. The second-order valence-corrected chi connectivity index (χ2v) is 6.60. The molecule has 2 aromatic carbocycles. The minimum absolute atomic E-state index is 0.0674. The summed E-state index contributed by atoms with van der Waals surface area (Å²) in [4.78, 5) is 26.2. The van der Waals surface area contributed by atoms with Gasteiger partial charge in [-0.05, 0) is 47.4 Å². The van der Waals surface area contributed by atoms with Crippen LogP contribution in [0.1, 0.15) is 16.7 Å². The first-order valence-corrected chi connectivity index (χ1v) is 8.72. The maximum absolute atomic E-state index is 12.6. The van der Waals surface area contributed by atoms with E-state index in [0.29, 0.717) is 19.5 Å². The van der Waals surface area contributed by atoms with E-state index in [2.05, 4.69) is 11.9 Å². The van der Waals surface area contributed by atoms with E-state index in [4.69, 9.17) is 4.74 Å². The SMILES string of the molecule is C=CC(=O)N1CCc2ccc(NC(=O)C3Cc4ccccc4O3)cc2C1. The van der Waals surface area contributed by atoms with Crippen LogP contribution in [0.25, 0.3) is 0 Å². The smallest absolute Gasteiger partial charge is 0.265 e. The molecule has 2 aromatic rings. The molecule has 0 aromatic heterocycles. The molecule has 2 aliphatic heterocycles. The molecule has 2 heterocycles. The molecule has 0 fully saturated rings. The van der Waals surface area contributed by atoms with Gasteiger partial charge in [-0.25, -0.2) is 0 Å². The van der Waals surface area contributed by atoms with E-state index in [9.17, 15) is 9.59 Å². The summed E-state index contributed by atoms with van der Waals surface area (Å²) in [6.45, 7) is 4.78. The van der Waals surface area contributed by atoms with Crippen LogP contribution >= 0.6 is 0 Å². The molecule has 2 amide bonds. The van der Waals surface area contributed by atoms with E-state index in [1.165, 1.54) is 11.6 Å². The quantitative estimate of drug-likeness (QED) is 0.868. The van der Waals surface area contributed by atoms with E-state index in [-0.39, 0.29) is 11.8 Å². The number of nitrogens with one attached hydrogen (secondary N) is 1. The van der Waals surface area contributed by atoms with Gasteiger partial charge in [0, 0.05) is 25.2 Å². The van der Waals surface area contributed by atoms with Crippen molar-refractivity contribution in [2.45, 2.75) is 25.5 Å². The predicted octanol–water partition coefficient (Wildman–Crippen LogP) is 2.70. The minimum atomic E-state index is -0.512. The Morgan fingerprint density at radius 3 is 2.81 bits per heavy atom. The predicted molar refractivity (Wildman–Crippen MR) is 99.0 cm³/mol. The highest BCUT2D eigenvalue weighted by atomic mass is 16.5. The molecule has 2 aliphatic rings. The number of para-hydroxylation sites is 1. The molecule has 0 bridgehead atoms. The third kappa shape index (κ3) is 3.08. The number of benzene rings is 2. The van der Waals surface area contributed by atoms with Gasteiger partial charge in [-0.1, -0.05) is 30.8 Å². The van der Waals surface area contributed by atoms with Gasteiger partial charge in [0.25, 0.3) is 5.91 Å². The molecule has 0 radical (unpaired) electrons. The Morgan fingerprint density at radius 2 is 2.00 bits per heavy atom. The number of nitrogens with zero attached hydrogens (tertiary/aromatic N) is 1. The van der Waals surface area contributed by atoms with Gasteiger partial charge in [-0.2, -0.15) is 0 Å². The number of carbonyl (C=O) groups excluding carboxylic acids is 2. The van der Waals surface area contributed by atoms with Crippen molar-refractivity contribution in [3.63, 3.8) is 0 Å². The summed E-state index contributed by atoms with van der Waals surface area (Å²) in [5, 5.41) is 2.94. The molecule has 1 N–H and O–H groups in total. The van der Waals surface area contributed by atoms with Crippen molar-refractivity contribution in [3.8, 4) is 5.75 Å². The summed E-state index contributed by atoms with van der Waals surface area (Å²) in [5.41, 5.74) is 4.04. The van der Waals surface area contributed by atoms with Gasteiger partial charge in [-0.15, -0.1) is 0 Å². The van der Waals surface area contributed by atoms with Gasteiger partial charge in [0.15, 0.2) is 6.10 Å². The summed E-state index contributed by atoms with van der Waals surface area (Å²) in [5.74, 6) is 0.551. The Kier molecular flexibility index (Phi) is 4.21. The standard InChI is InChI=1S/C21H20N2O3/c1-2-20(24)23-10-9-14-7-8-17(11-16(14)13-23)22-21(25)19-12-15-5-3-4-6-18(15)26-19/h2-8,11,19H,1,9-10,12-13H2,(H,22,25). The van der Waals surface area contributed by atoms with E-state index < -0.39 is 6.10 Å². The van der Waals surface area contributed by atoms with Crippen molar-refractivity contribution in [1.82, 2.24) is 4.90 Å². The normalized spacial score (nSPS) is 17.7. The Morgan fingerprint density at radius 1 is 1.15 bits per heavy atom. The summed E-state index contributed by atoms with van der Waals surface area (Å²) in [6.07, 6.45) is 2.21. The average Bonchev–Trinajstić information content (AvgIpc) is 3.11. The van der Waals surface area contributed by atoms with Crippen LogP contribution in [0.3, 0.4) is 0 Å². The van der Waals surface area contributed by atoms with Gasteiger partial charge in [-0.3, -0.25) is 9.59 Å². The third-order valence-electron chi connectivity index (χ3n) is 4.91. The molecule has 5 nitrogen and oxygen atoms in total. The first kappa shape index (κ1) is 16.4. The molecule has 0 saturated carbocycles. The van der Waals surface area contributed by atoms with Crippen molar-refractivity contribution < 1.29 is 14.3 Å². The molecular weight excluding hydrogens is 328 g/mol. The van der Waals surface area contributed by atoms with Crippen LogP contribution in [0.2, 0.25) is 0 Å². The lowest BCUT2D eigenvalue weighted by Gasteiger charge is -2.28. The number of hydrogen-bond acceptors (Lipinski definition) is 3. The molecule has 132 valence electrons. The lowest BCUT2D eigenvalue weighted by Crippen LogP contribution is -2.35. The third-order valence-corrected chi connectivity index (χ3v) is 4.91. The van der Waals surface area contributed by atoms with Gasteiger partial charge < -0.3 is 15.0 Å². The van der Waals surface area contributed by atoms with E-state index >= 15 is 0 Å². The number of hydrogen-bond donors (Lipinski definition) is 1. The Hall–Kier alpha value is -3.08. The van der Waals surface area contributed by atoms with E-state index in [1.807, 2.05) is 42.5 Å². The average molecular weight is 348 g/mol. The van der Waals surface area contributed by atoms with Crippen molar-refractivity contribution in [1.29, 1.82) is 0 Å². The number of ether oxygens (including phenoxy) is 1. The van der Waals surface area contributed by atoms with Crippen LogP contribution in [0.5, 0.6) is 5.75 Å². The molecule has 1 atom stereocenters. The monoisotopic (exact) mass is 348 g/mol. The van der Waals surface area contributed by atoms with E-state index in [1.54, 1.807) is 4.90 Å². The topological polar surface area (TPSA) is 58.6 Å². The molecule has 4 rings (SSSR count). The van der Waals surface area contributed by atoms with Gasteiger partial charge >= 0.3 is 0 Å². The highest BCUT2D eigenvalue weighted by Crippen LogP contribution is 2.29. The fraction of sp³-hybridized carbons (Fsp3) is 0.238. The number of anilines is 1. The number of fused-ring (bicyclic) bond motifs is 2. The highest BCUT2D eigenvalue weighted by molar-refractivity contribution is 5.95. The fourth-order valence-electron chi connectivity index (χ4n) is 3.50. The highest BCUT2D eigenvalue weighted by Gasteiger charge is 2.29. The zero-order valence-corrected chi connectivity index (χ0v) is 14.4. The summed E-state index contributed by atoms with van der Waals surface area (Å²) < 4.78 is 5.74. The van der Waals surface area contributed by atoms with Crippen LogP contribution in [0.4, 0.5) is 5.69 Å². The van der Waals surface area contributed by atoms with Crippen LogP contribution in [-0.2, 0) is 29.0 Å². The molecule has 0 aliphatic carbocycles. The molecule has 26 heavy (non-hydrogen) atoms. The lowest BCUT2D eigenvalue weighted by molar-refractivity contribution is -0.127. The first-order valence-electron chi connectivity index (χ1n) is 8.72. The Bertz CT molecular complexity index is 866. The first-order chi connectivity index (χ1) is 12.6. The molecule has 1 unspecified atom stereocenters. The number of amides is 2. The molecule has 0 spiro atoms. The van der Waals surface area contributed by atoms with Crippen molar-refractivity contribution in [2.75, 3.05) is 11.9 Å². The number of carbonyl (C=O) groups is 2. The van der Waals surface area contributed by atoms with Crippen molar-refractivity contribution >= 4 is 17.5 Å². The van der Waals surface area contributed by atoms with Crippen LogP contribution in [-0.4, -0.2) is 29.4 Å². The van der Waals surface area contributed by atoms with Crippen LogP contribution in [0, 0.1) is 0 Å². The van der Waals surface area contributed by atoms with Gasteiger partial charge in [0.05, 0.1) is 0 Å². The fourth-order valence-corrected chi connectivity index (χ4v) is 3.50. The minimum Gasteiger partial charge on any atom is -0.480 e. The van der Waals surface area contributed by atoms with Crippen molar-refractivity contribution in [3.05, 3.63) is 71.8 Å². The summed E-state index contributed by atoms with van der Waals surface area (Å²) in [6, 6.07) is 13.6. The van der Waals surface area contributed by atoms with Crippen molar-refractivity contribution in [2.24, 2.45) is 0 Å². The lowest BCUT2D eigenvalue weighted by atomic mass is 9.99.